The number of rotatable bonds is 3. The number of nitrogens with zero attached hydrogens (tertiary/aromatic N) is 4. The number of hydrogen-bond donors (Lipinski definition) is 0. The van der Waals surface area contributed by atoms with Crippen molar-refractivity contribution in [2.45, 2.75) is 0 Å². The van der Waals surface area contributed by atoms with Gasteiger partial charge < -0.3 is 23.7 Å². The van der Waals surface area contributed by atoms with Gasteiger partial charge in [-0.25, -0.2) is 0 Å². The third-order valence-electron chi connectivity index (χ3n) is 4.94. The zero-order valence-corrected chi connectivity index (χ0v) is 15.1. The van der Waals surface area contributed by atoms with Crippen molar-refractivity contribution in [2.75, 3.05) is 37.9 Å². The minimum absolute atomic E-state index is 0.0751. The van der Waals surface area contributed by atoms with Crippen LogP contribution in [-0.4, -0.2) is 54.0 Å². The normalized spacial score (nSPS) is 15.7. The largest absolute Gasteiger partial charge is 0.459 e. The monoisotopic (exact) mass is 378 g/mol. The van der Waals surface area contributed by atoms with E-state index in [2.05, 4.69) is 15.1 Å². The molecule has 2 aliphatic rings. The van der Waals surface area contributed by atoms with Gasteiger partial charge in [-0.1, -0.05) is 0 Å². The predicted molar refractivity (Wildman–Crippen MR) is 100 cm³/mol. The Hall–Kier alpha value is -3.55. The Morgan fingerprint density at radius 3 is 2.54 bits per heavy atom. The number of aromatic nitrogens is 2. The summed E-state index contributed by atoms with van der Waals surface area (Å²) in [5, 5.41) is 8.73. The average molecular weight is 378 g/mol. The molecule has 1 aromatic carbocycles. The van der Waals surface area contributed by atoms with E-state index in [0.717, 1.165) is 28.6 Å². The van der Waals surface area contributed by atoms with Crippen molar-refractivity contribution >= 4 is 11.7 Å². The van der Waals surface area contributed by atoms with Gasteiger partial charge in [-0.2, -0.15) is 0 Å². The average Bonchev–Trinajstić information content (AvgIpc) is 3.45. The van der Waals surface area contributed by atoms with Gasteiger partial charge in [0.05, 0.1) is 12.0 Å². The minimum Gasteiger partial charge on any atom is -0.459 e. The van der Waals surface area contributed by atoms with Crippen LogP contribution in [0.15, 0.2) is 53.1 Å². The van der Waals surface area contributed by atoms with Gasteiger partial charge in [0, 0.05) is 31.7 Å². The van der Waals surface area contributed by atoms with Gasteiger partial charge in [0.2, 0.25) is 6.79 Å². The first-order chi connectivity index (χ1) is 13.8. The molecule has 0 N–H and O–H groups in total. The van der Waals surface area contributed by atoms with Crippen LogP contribution in [0.4, 0.5) is 5.82 Å². The van der Waals surface area contributed by atoms with Crippen molar-refractivity contribution in [1.82, 2.24) is 15.1 Å². The number of piperazine rings is 1. The topological polar surface area (TPSA) is 80.9 Å². The van der Waals surface area contributed by atoms with Gasteiger partial charge >= 0.3 is 0 Å². The lowest BCUT2D eigenvalue weighted by Crippen LogP contribution is -2.49. The molecule has 1 amide bonds. The number of amides is 1. The third kappa shape index (κ3) is 3.02. The molecule has 8 nitrogen and oxygen atoms in total. The zero-order valence-electron chi connectivity index (χ0n) is 15.1. The van der Waals surface area contributed by atoms with Gasteiger partial charge in [0.1, 0.15) is 0 Å². The molecule has 1 fully saturated rings. The number of anilines is 1. The number of ether oxygens (including phenoxy) is 2. The summed E-state index contributed by atoms with van der Waals surface area (Å²) in [4.78, 5) is 16.3. The van der Waals surface area contributed by atoms with Gasteiger partial charge in [0.25, 0.3) is 5.91 Å². The predicted octanol–water partition coefficient (Wildman–Crippen LogP) is 2.43. The summed E-state index contributed by atoms with van der Waals surface area (Å²) in [6, 6.07) is 13.0. The van der Waals surface area contributed by atoms with E-state index in [9.17, 15) is 4.79 Å². The first-order valence-corrected chi connectivity index (χ1v) is 9.09. The molecule has 28 heavy (non-hydrogen) atoms. The lowest BCUT2D eigenvalue weighted by atomic mass is 10.1. The fraction of sp³-hybridized carbons (Fsp3) is 0.250. The number of furan rings is 1. The Bertz CT molecular complexity index is 980. The van der Waals surface area contributed by atoms with Crippen LogP contribution in [0.5, 0.6) is 11.5 Å². The van der Waals surface area contributed by atoms with Crippen LogP contribution in [0.25, 0.3) is 11.3 Å². The van der Waals surface area contributed by atoms with Gasteiger partial charge in [0.15, 0.2) is 23.1 Å². The molecule has 4 heterocycles. The Kier molecular flexibility index (Phi) is 4.08. The fourth-order valence-corrected chi connectivity index (χ4v) is 3.40. The molecule has 0 bridgehead atoms. The lowest BCUT2D eigenvalue weighted by molar-refractivity contribution is 0.0714. The standard InChI is InChI=1S/C20H18N4O4/c25-20(17-2-1-11-26-17)24-9-7-23(8-10-24)19-6-4-15(21-22-19)14-3-5-16-18(12-14)28-13-27-16/h1-6,11-12H,7-10,13H2. The SMILES string of the molecule is O=C(c1ccco1)N1CCN(c2ccc(-c3ccc4c(c3)OCO4)nn2)CC1. The smallest absolute Gasteiger partial charge is 0.289 e. The van der Waals surface area contributed by atoms with Crippen molar-refractivity contribution < 1.29 is 18.7 Å². The molecule has 0 atom stereocenters. The molecule has 142 valence electrons. The fourth-order valence-electron chi connectivity index (χ4n) is 3.40. The quantitative estimate of drug-likeness (QED) is 0.692. The molecule has 0 aliphatic carbocycles. The lowest BCUT2D eigenvalue weighted by Gasteiger charge is -2.34. The maximum absolute atomic E-state index is 12.4. The van der Waals surface area contributed by atoms with Crippen molar-refractivity contribution in [3.05, 3.63) is 54.5 Å². The first-order valence-electron chi connectivity index (χ1n) is 9.09. The Morgan fingerprint density at radius 2 is 1.79 bits per heavy atom. The number of carbonyl (C=O) groups is 1. The number of benzene rings is 1. The first kappa shape index (κ1) is 16.6. The maximum Gasteiger partial charge on any atom is 0.289 e. The molecule has 2 aromatic heterocycles. The second kappa shape index (κ2) is 6.88. The van der Waals surface area contributed by atoms with Crippen molar-refractivity contribution in [3.63, 3.8) is 0 Å². The Balaban J connectivity index is 1.25. The van der Waals surface area contributed by atoms with E-state index in [0.29, 0.717) is 31.9 Å². The van der Waals surface area contributed by atoms with Crippen molar-refractivity contribution in [3.8, 4) is 22.8 Å². The summed E-state index contributed by atoms with van der Waals surface area (Å²) < 4.78 is 16.0. The van der Waals surface area contributed by atoms with Crippen LogP contribution in [0.2, 0.25) is 0 Å². The van der Waals surface area contributed by atoms with Crippen LogP contribution in [0.1, 0.15) is 10.6 Å². The number of carbonyl (C=O) groups excluding carboxylic acids is 1. The van der Waals surface area contributed by atoms with E-state index >= 15 is 0 Å². The molecule has 0 spiro atoms. The van der Waals surface area contributed by atoms with Crippen LogP contribution in [-0.2, 0) is 0 Å². The highest BCUT2D eigenvalue weighted by molar-refractivity contribution is 5.91. The van der Waals surface area contributed by atoms with Gasteiger partial charge in [-0.05, 0) is 42.5 Å². The van der Waals surface area contributed by atoms with Crippen LogP contribution in [0.3, 0.4) is 0 Å². The minimum atomic E-state index is -0.0751. The molecular formula is C20H18N4O4. The summed E-state index contributed by atoms with van der Waals surface area (Å²) in [6.45, 7) is 2.88. The van der Waals surface area contributed by atoms with Crippen molar-refractivity contribution in [1.29, 1.82) is 0 Å². The Labute approximate surface area is 161 Å². The molecule has 3 aromatic rings. The summed E-state index contributed by atoms with van der Waals surface area (Å²) in [5.41, 5.74) is 1.70. The molecule has 5 rings (SSSR count). The van der Waals surface area contributed by atoms with E-state index in [-0.39, 0.29) is 12.7 Å². The van der Waals surface area contributed by atoms with E-state index < -0.39 is 0 Å². The van der Waals surface area contributed by atoms with Crippen molar-refractivity contribution in [2.24, 2.45) is 0 Å². The summed E-state index contributed by atoms with van der Waals surface area (Å²) in [5.74, 6) is 2.57. The maximum atomic E-state index is 12.4. The number of fused-ring (bicyclic) bond motifs is 1. The molecule has 0 radical (unpaired) electrons. The van der Waals surface area contributed by atoms with Crippen LogP contribution >= 0.6 is 0 Å². The van der Waals surface area contributed by atoms with E-state index in [1.54, 1.807) is 17.0 Å². The molecule has 8 heteroatoms. The zero-order chi connectivity index (χ0) is 18.9. The molecule has 2 aliphatic heterocycles. The summed E-state index contributed by atoms with van der Waals surface area (Å²) in [7, 11) is 0. The summed E-state index contributed by atoms with van der Waals surface area (Å²) >= 11 is 0. The summed E-state index contributed by atoms with van der Waals surface area (Å²) in [6.07, 6.45) is 1.51. The molecular weight excluding hydrogens is 360 g/mol. The van der Waals surface area contributed by atoms with E-state index in [1.165, 1.54) is 6.26 Å². The Morgan fingerprint density at radius 1 is 0.929 bits per heavy atom. The second-order valence-corrected chi connectivity index (χ2v) is 6.60. The van der Waals surface area contributed by atoms with Crippen LogP contribution in [0, 0.1) is 0 Å². The van der Waals surface area contributed by atoms with E-state index in [4.69, 9.17) is 13.9 Å². The molecule has 0 saturated carbocycles. The highest BCUT2D eigenvalue weighted by Crippen LogP contribution is 2.35. The van der Waals surface area contributed by atoms with Crippen LogP contribution < -0.4 is 14.4 Å². The third-order valence-corrected chi connectivity index (χ3v) is 4.94. The molecule has 0 unspecified atom stereocenters. The highest BCUT2D eigenvalue weighted by Gasteiger charge is 2.24. The highest BCUT2D eigenvalue weighted by atomic mass is 16.7. The molecule has 1 saturated heterocycles. The van der Waals surface area contributed by atoms with Gasteiger partial charge in [-0.3, -0.25) is 4.79 Å². The number of hydrogen-bond acceptors (Lipinski definition) is 7. The second-order valence-electron chi connectivity index (χ2n) is 6.60. The van der Waals surface area contributed by atoms with Gasteiger partial charge in [-0.15, -0.1) is 10.2 Å². The van der Waals surface area contributed by atoms with E-state index in [1.807, 2.05) is 30.3 Å².